The first-order valence-corrected chi connectivity index (χ1v) is 7.33. The van der Waals surface area contributed by atoms with Gasteiger partial charge in [-0.1, -0.05) is 19.0 Å². The maximum atomic E-state index is 12.3. The summed E-state index contributed by atoms with van der Waals surface area (Å²) in [5.74, 6) is 0.797. The molecule has 3 rings (SSSR count). The van der Waals surface area contributed by atoms with E-state index in [1.54, 1.807) is 29.9 Å². The zero-order valence-electron chi connectivity index (χ0n) is 13.2. The summed E-state index contributed by atoms with van der Waals surface area (Å²) in [4.78, 5) is 20.7. The van der Waals surface area contributed by atoms with Gasteiger partial charge in [-0.2, -0.15) is 10.1 Å². The van der Waals surface area contributed by atoms with Crippen LogP contribution in [-0.2, 0) is 17.8 Å². The van der Waals surface area contributed by atoms with Crippen LogP contribution < -0.4 is 0 Å². The monoisotopic (exact) mass is 315 g/mol. The van der Waals surface area contributed by atoms with E-state index in [0.29, 0.717) is 35.1 Å². The van der Waals surface area contributed by atoms with E-state index < -0.39 is 5.97 Å². The lowest BCUT2D eigenvalue weighted by Crippen LogP contribution is -2.07. The van der Waals surface area contributed by atoms with E-state index in [0.717, 1.165) is 0 Å². The van der Waals surface area contributed by atoms with E-state index in [-0.39, 0.29) is 12.5 Å². The molecule has 0 aliphatic rings. The maximum absolute atomic E-state index is 12.3. The molecule has 0 bridgehead atoms. The highest BCUT2D eigenvalue weighted by Gasteiger charge is 2.20. The molecule has 3 aromatic heterocycles. The van der Waals surface area contributed by atoms with Crippen LogP contribution in [0.5, 0.6) is 0 Å². The first kappa shape index (κ1) is 15.1. The Labute approximate surface area is 132 Å². The lowest BCUT2D eigenvalue weighted by atomic mass is 10.1. The van der Waals surface area contributed by atoms with Gasteiger partial charge < -0.3 is 9.26 Å². The van der Waals surface area contributed by atoms with Gasteiger partial charge in [-0.3, -0.25) is 0 Å². The average Bonchev–Trinajstić information content (AvgIpc) is 3.07. The van der Waals surface area contributed by atoms with Crippen molar-refractivity contribution in [1.82, 2.24) is 24.7 Å². The van der Waals surface area contributed by atoms with E-state index in [1.807, 2.05) is 0 Å². The van der Waals surface area contributed by atoms with Crippen molar-refractivity contribution in [2.24, 2.45) is 5.92 Å². The summed E-state index contributed by atoms with van der Waals surface area (Å²) in [5, 5.41) is 8.09. The first-order valence-electron chi connectivity index (χ1n) is 7.33. The van der Waals surface area contributed by atoms with E-state index in [2.05, 4.69) is 34.1 Å². The molecule has 0 unspecified atom stereocenters. The number of esters is 1. The van der Waals surface area contributed by atoms with Crippen LogP contribution in [0.25, 0.3) is 5.65 Å². The number of fused-ring (bicyclic) bond motifs is 1. The van der Waals surface area contributed by atoms with Gasteiger partial charge in [0.15, 0.2) is 18.1 Å². The number of nitrogens with zero attached hydrogens (tertiary/aromatic N) is 5. The average molecular weight is 315 g/mol. The fourth-order valence-electron chi connectivity index (χ4n) is 2.23. The summed E-state index contributed by atoms with van der Waals surface area (Å²) in [6.07, 6.45) is 4.04. The van der Waals surface area contributed by atoms with E-state index in [1.165, 1.54) is 0 Å². The Morgan fingerprint density at radius 2 is 2.26 bits per heavy atom. The van der Waals surface area contributed by atoms with Crippen molar-refractivity contribution < 1.29 is 14.1 Å². The topological polar surface area (TPSA) is 95.4 Å². The molecule has 3 aromatic rings. The van der Waals surface area contributed by atoms with Gasteiger partial charge in [-0.05, 0) is 18.9 Å². The Balaban J connectivity index is 1.71. The molecule has 0 saturated heterocycles. The highest BCUT2D eigenvalue weighted by Crippen LogP contribution is 2.15. The van der Waals surface area contributed by atoms with Crippen LogP contribution in [0, 0.1) is 12.8 Å². The van der Waals surface area contributed by atoms with E-state index in [9.17, 15) is 4.79 Å². The van der Waals surface area contributed by atoms with E-state index >= 15 is 0 Å². The molecule has 3 heterocycles. The van der Waals surface area contributed by atoms with Crippen LogP contribution in [-0.4, -0.2) is 30.7 Å². The van der Waals surface area contributed by atoms with Gasteiger partial charge in [0.2, 0.25) is 0 Å². The highest BCUT2D eigenvalue weighted by atomic mass is 16.6. The Morgan fingerprint density at radius 3 is 3.04 bits per heavy atom. The molecule has 0 spiro atoms. The molecule has 0 fully saturated rings. The third kappa shape index (κ3) is 3.20. The largest absolute Gasteiger partial charge is 0.452 e. The van der Waals surface area contributed by atoms with Crippen LogP contribution in [0.15, 0.2) is 23.0 Å². The molecular weight excluding hydrogens is 298 g/mol. The number of ether oxygens (including phenoxy) is 1. The van der Waals surface area contributed by atoms with Crippen LogP contribution in [0.2, 0.25) is 0 Å². The number of hydrogen-bond acceptors (Lipinski definition) is 7. The van der Waals surface area contributed by atoms with Crippen LogP contribution >= 0.6 is 0 Å². The Hall–Kier alpha value is -2.77. The summed E-state index contributed by atoms with van der Waals surface area (Å²) >= 11 is 0. The lowest BCUT2D eigenvalue weighted by Gasteiger charge is -2.00. The van der Waals surface area contributed by atoms with Crippen molar-refractivity contribution in [3.05, 3.63) is 41.4 Å². The zero-order chi connectivity index (χ0) is 16.4. The third-order valence-corrected chi connectivity index (χ3v) is 3.20. The maximum Gasteiger partial charge on any atom is 0.344 e. The van der Waals surface area contributed by atoms with Gasteiger partial charge in [0.05, 0.1) is 5.69 Å². The first-order chi connectivity index (χ1) is 11.0. The third-order valence-electron chi connectivity index (χ3n) is 3.20. The summed E-state index contributed by atoms with van der Waals surface area (Å²) < 4.78 is 11.9. The standard InChI is InChI=1S/C15H17N5O3/c1-9(2)7-11-17-12(23-19-11)8-22-15(21)13-10(3)18-20-6-4-5-16-14(13)20/h4-6,9H,7-8H2,1-3H3. The Bertz CT molecular complexity index is 837. The quantitative estimate of drug-likeness (QED) is 0.664. The summed E-state index contributed by atoms with van der Waals surface area (Å²) in [7, 11) is 0. The van der Waals surface area contributed by atoms with Gasteiger partial charge >= 0.3 is 5.97 Å². The molecule has 0 N–H and O–H groups in total. The number of rotatable bonds is 5. The van der Waals surface area contributed by atoms with Crippen LogP contribution in [0.1, 0.15) is 41.6 Å². The second-order valence-electron chi connectivity index (χ2n) is 5.63. The predicted octanol–water partition coefficient (Wildman–Crippen LogP) is 1.98. The van der Waals surface area contributed by atoms with Crippen molar-refractivity contribution in [3.8, 4) is 0 Å². The molecular formula is C15H17N5O3. The van der Waals surface area contributed by atoms with Gasteiger partial charge in [-0.25, -0.2) is 14.3 Å². The molecule has 0 amide bonds. The van der Waals surface area contributed by atoms with Gasteiger partial charge in [0.1, 0.15) is 5.56 Å². The molecule has 8 nitrogen and oxygen atoms in total. The van der Waals surface area contributed by atoms with Crippen LogP contribution in [0.3, 0.4) is 0 Å². The van der Waals surface area contributed by atoms with Crippen molar-refractivity contribution in [2.75, 3.05) is 0 Å². The zero-order valence-corrected chi connectivity index (χ0v) is 13.2. The minimum Gasteiger partial charge on any atom is -0.452 e. The normalized spacial score (nSPS) is 11.3. The SMILES string of the molecule is Cc1nn2cccnc2c1C(=O)OCc1nc(CC(C)C)no1. The van der Waals surface area contributed by atoms with E-state index in [4.69, 9.17) is 9.26 Å². The lowest BCUT2D eigenvalue weighted by molar-refractivity contribution is 0.0431. The van der Waals surface area contributed by atoms with Crippen molar-refractivity contribution in [2.45, 2.75) is 33.8 Å². The summed E-state index contributed by atoms with van der Waals surface area (Å²) in [6.45, 7) is 5.79. The molecule has 23 heavy (non-hydrogen) atoms. The molecule has 0 saturated carbocycles. The van der Waals surface area contributed by atoms with Crippen LogP contribution in [0.4, 0.5) is 0 Å². The number of hydrogen-bond donors (Lipinski definition) is 0. The summed E-state index contributed by atoms with van der Waals surface area (Å²) in [5.41, 5.74) is 1.35. The smallest absolute Gasteiger partial charge is 0.344 e. The molecule has 0 aliphatic heterocycles. The second kappa shape index (κ2) is 6.15. The molecule has 120 valence electrons. The number of carbonyl (C=O) groups excluding carboxylic acids is 1. The van der Waals surface area contributed by atoms with Crippen molar-refractivity contribution in [1.29, 1.82) is 0 Å². The molecule has 0 aliphatic carbocycles. The minimum atomic E-state index is -0.514. The summed E-state index contributed by atoms with van der Waals surface area (Å²) in [6, 6.07) is 1.74. The Morgan fingerprint density at radius 1 is 1.43 bits per heavy atom. The van der Waals surface area contributed by atoms with Crippen molar-refractivity contribution >= 4 is 11.6 Å². The second-order valence-corrected chi connectivity index (χ2v) is 5.63. The number of carbonyl (C=O) groups is 1. The Kier molecular flexibility index (Phi) is 4.05. The van der Waals surface area contributed by atoms with Gasteiger partial charge in [0, 0.05) is 18.8 Å². The molecule has 0 atom stereocenters. The van der Waals surface area contributed by atoms with Gasteiger partial charge in [0.25, 0.3) is 5.89 Å². The fourth-order valence-corrected chi connectivity index (χ4v) is 2.23. The molecule has 0 radical (unpaired) electrons. The van der Waals surface area contributed by atoms with Gasteiger partial charge in [-0.15, -0.1) is 0 Å². The van der Waals surface area contributed by atoms with Crippen molar-refractivity contribution in [3.63, 3.8) is 0 Å². The predicted molar refractivity (Wildman–Crippen MR) is 79.7 cm³/mol. The molecule has 0 aromatic carbocycles. The minimum absolute atomic E-state index is 0.0759. The molecule has 8 heteroatoms. The highest BCUT2D eigenvalue weighted by molar-refractivity contribution is 5.97. The number of aromatic nitrogens is 5. The fraction of sp³-hybridized carbons (Fsp3) is 0.400. The number of aryl methyl sites for hydroxylation is 1.